The second-order valence-electron chi connectivity index (χ2n) is 6.25. The Hall–Kier alpha value is -3.93. The molecule has 0 aliphatic carbocycles. The molecule has 0 saturated carbocycles. The first-order valence-corrected chi connectivity index (χ1v) is 9.51. The summed E-state index contributed by atoms with van der Waals surface area (Å²) in [5.41, 5.74) is 7.80. The fourth-order valence-corrected chi connectivity index (χ4v) is 2.21. The van der Waals surface area contributed by atoms with Gasteiger partial charge in [-0.3, -0.25) is 9.89 Å². The standard InChI is InChI=1S/C8H7N3O2.C6H12O3.C5H9N3.CO2/c1-5-2-3-11-7(10-5)6(4-9-11)8(12)13;1-5(7)4-6(8-2)9-3;1-2-4-3-7-8-5(4)6;2-1-3/h2-4H,1H3,(H,12,13);6H,4H2,1-3H3;3H,2H2,1H3,(H3,6,7,8);. The van der Waals surface area contributed by atoms with Crippen molar-refractivity contribution >= 4 is 29.4 Å². The number of fused-ring (bicyclic) bond motifs is 1. The molecule has 0 unspecified atom stereocenters. The molecule has 0 amide bonds. The van der Waals surface area contributed by atoms with Crippen LogP contribution in [0.1, 0.15) is 41.9 Å². The summed E-state index contributed by atoms with van der Waals surface area (Å²) >= 11 is 0. The molecule has 0 bridgehead atoms. The molecule has 0 saturated heterocycles. The summed E-state index contributed by atoms with van der Waals surface area (Å²) in [7, 11) is 3.02. The summed E-state index contributed by atoms with van der Waals surface area (Å²) < 4.78 is 11.0. The number of nitrogen functional groups attached to an aromatic ring is 1. The van der Waals surface area contributed by atoms with Gasteiger partial charge in [-0.1, -0.05) is 6.92 Å². The first-order valence-electron chi connectivity index (χ1n) is 9.51. The maximum atomic E-state index is 10.7. The van der Waals surface area contributed by atoms with Gasteiger partial charge < -0.3 is 20.3 Å². The molecule has 13 nitrogen and oxygen atoms in total. The number of aromatic carboxylic acids is 1. The van der Waals surface area contributed by atoms with Crippen molar-refractivity contribution in [3.63, 3.8) is 0 Å². The lowest BCUT2D eigenvalue weighted by molar-refractivity contribution is -0.191. The van der Waals surface area contributed by atoms with Crippen LogP contribution in [0.2, 0.25) is 0 Å². The largest absolute Gasteiger partial charge is 0.477 e. The highest BCUT2D eigenvalue weighted by Gasteiger charge is 2.11. The number of methoxy groups -OCH3 is 2. The first kappa shape index (κ1) is 29.1. The molecular weight excluding hydrogens is 436 g/mol. The number of carboxylic acids is 1. The highest BCUT2D eigenvalue weighted by atomic mass is 16.7. The van der Waals surface area contributed by atoms with Crippen molar-refractivity contribution in [2.24, 2.45) is 0 Å². The Morgan fingerprint density at radius 2 is 1.88 bits per heavy atom. The fourth-order valence-electron chi connectivity index (χ4n) is 2.21. The Labute approximate surface area is 189 Å². The smallest absolute Gasteiger partial charge is 0.373 e. The average Bonchev–Trinajstić information content (AvgIpc) is 3.38. The number of carboxylic acid groups (broad SMARTS) is 1. The van der Waals surface area contributed by atoms with E-state index in [1.165, 1.54) is 31.9 Å². The molecule has 4 N–H and O–H groups in total. The number of aromatic amines is 1. The van der Waals surface area contributed by atoms with Crippen LogP contribution in [0, 0.1) is 6.92 Å². The topological polar surface area (TPSA) is 192 Å². The minimum absolute atomic E-state index is 0.0729. The summed E-state index contributed by atoms with van der Waals surface area (Å²) in [5, 5.41) is 19.0. The van der Waals surface area contributed by atoms with Gasteiger partial charge in [-0.05, 0) is 26.3 Å². The van der Waals surface area contributed by atoms with E-state index in [-0.39, 0.29) is 23.8 Å². The second kappa shape index (κ2) is 15.8. The monoisotopic (exact) mass is 464 g/mol. The number of ether oxygens (including phenoxy) is 2. The zero-order valence-corrected chi connectivity index (χ0v) is 19.1. The average molecular weight is 464 g/mol. The summed E-state index contributed by atoms with van der Waals surface area (Å²) in [6.45, 7) is 5.35. The SMILES string of the molecule is CCc1cn[nH]c1N.COC(CC(C)=O)OC.Cc1ccn2ncc(C(=O)O)c2n1.O=C=O. The van der Waals surface area contributed by atoms with Crippen molar-refractivity contribution < 1.29 is 33.8 Å². The molecular formula is C20H28N6O7. The highest BCUT2D eigenvalue weighted by molar-refractivity contribution is 5.94. The maximum absolute atomic E-state index is 10.7. The third-order valence-corrected chi connectivity index (χ3v) is 3.85. The Kier molecular flexibility index (Phi) is 13.9. The lowest BCUT2D eigenvalue weighted by Crippen LogP contribution is -2.16. The third-order valence-electron chi connectivity index (χ3n) is 3.85. The summed E-state index contributed by atoms with van der Waals surface area (Å²) in [6, 6.07) is 1.77. The van der Waals surface area contributed by atoms with E-state index in [0.717, 1.165) is 17.7 Å². The molecule has 0 aliphatic heterocycles. The van der Waals surface area contributed by atoms with Gasteiger partial charge in [-0.2, -0.15) is 19.8 Å². The highest BCUT2D eigenvalue weighted by Crippen LogP contribution is 2.08. The zero-order chi connectivity index (χ0) is 25.4. The Morgan fingerprint density at radius 3 is 2.24 bits per heavy atom. The van der Waals surface area contributed by atoms with Gasteiger partial charge >= 0.3 is 12.1 Å². The number of aromatic nitrogens is 5. The molecule has 33 heavy (non-hydrogen) atoms. The number of Topliss-reactive ketones (excluding diaryl/α,β-unsaturated/α-hetero) is 1. The van der Waals surface area contributed by atoms with Crippen LogP contribution in [-0.4, -0.2) is 68.3 Å². The number of nitrogens with two attached hydrogens (primary N) is 1. The molecule has 180 valence electrons. The van der Waals surface area contributed by atoms with E-state index in [9.17, 15) is 9.59 Å². The quantitative estimate of drug-likeness (QED) is 0.445. The van der Waals surface area contributed by atoms with Gasteiger partial charge in [0.2, 0.25) is 0 Å². The number of carbonyl (C=O) groups excluding carboxylic acids is 3. The van der Waals surface area contributed by atoms with Crippen LogP contribution in [0.4, 0.5) is 5.82 Å². The summed E-state index contributed by atoms with van der Waals surface area (Å²) in [4.78, 5) is 41.4. The number of hydrogen-bond acceptors (Lipinski definition) is 10. The number of H-pyrrole nitrogens is 1. The molecule has 0 radical (unpaired) electrons. The van der Waals surface area contributed by atoms with Gasteiger partial charge in [0.15, 0.2) is 11.9 Å². The maximum Gasteiger partial charge on any atom is 0.373 e. The first-order chi connectivity index (χ1) is 15.6. The normalized spacial score (nSPS) is 9.52. The lowest BCUT2D eigenvalue weighted by Gasteiger charge is -2.09. The number of carbonyl (C=O) groups is 2. The molecule has 0 aliphatic rings. The molecule has 0 spiro atoms. The van der Waals surface area contributed by atoms with Gasteiger partial charge in [-0.15, -0.1) is 0 Å². The molecule has 0 fully saturated rings. The number of aryl methyl sites for hydroxylation is 2. The molecule has 13 heteroatoms. The van der Waals surface area contributed by atoms with Crippen LogP contribution >= 0.6 is 0 Å². The van der Waals surface area contributed by atoms with Crippen molar-refractivity contribution in [3.05, 3.63) is 41.5 Å². The van der Waals surface area contributed by atoms with E-state index >= 15 is 0 Å². The Bertz CT molecular complexity index is 1040. The summed E-state index contributed by atoms with van der Waals surface area (Å²) in [6.07, 6.45) is 5.88. The van der Waals surface area contributed by atoms with Crippen LogP contribution in [-0.2, 0) is 30.3 Å². The third kappa shape index (κ3) is 10.8. The van der Waals surface area contributed by atoms with Crippen molar-refractivity contribution in [1.29, 1.82) is 0 Å². The number of anilines is 1. The molecule has 3 aromatic rings. The van der Waals surface area contributed by atoms with Gasteiger partial charge in [0.1, 0.15) is 17.2 Å². The van der Waals surface area contributed by atoms with Gasteiger partial charge in [-0.25, -0.2) is 14.3 Å². The number of nitrogens with zero attached hydrogens (tertiary/aromatic N) is 4. The molecule has 3 rings (SSSR count). The van der Waals surface area contributed by atoms with Crippen LogP contribution < -0.4 is 5.73 Å². The number of rotatable bonds is 6. The van der Waals surface area contributed by atoms with Crippen molar-refractivity contribution in [2.75, 3.05) is 20.0 Å². The fraction of sp³-hybridized carbons (Fsp3) is 0.400. The van der Waals surface area contributed by atoms with E-state index < -0.39 is 5.97 Å². The minimum atomic E-state index is -1.01. The van der Waals surface area contributed by atoms with Crippen molar-refractivity contribution in [1.82, 2.24) is 24.8 Å². The predicted molar refractivity (Wildman–Crippen MR) is 115 cm³/mol. The van der Waals surface area contributed by atoms with Crippen molar-refractivity contribution in [2.45, 2.75) is 39.9 Å². The Balaban J connectivity index is 0.000000454. The van der Waals surface area contributed by atoms with Crippen LogP contribution in [0.25, 0.3) is 5.65 Å². The molecule has 3 heterocycles. The van der Waals surface area contributed by atoms with Crippen LogP contribution in [0.3, 0.4) is 0 Å². The van der Waals surface area contributed by atoms with Crippen LogP contribution in [0.5, 0.6) is 0 Å². The second-order valence-corrected chi connectivity index (χ2v) is 6.25. The van der Waals surface area contributed by atoms with Gasteiger partial charge in [0, 0.05) is 31.7 Å². The number of ketones is 1. The predicted octanol–water partition coefficient (Wildman–Crippen LogP) is 1.29. The number of hydrogen-bond donors (Lipinski definition) is 3. The van der Waals surface area contributed by atoms with E-state index in [2.05, 4.69) is 20.3 Å². The van der Waals surface area contributed by atoms with E-state index in [1.54, 1.807) is 25.4 Å². The number of nitrogens with one attached hydrogen (secondary N) is 1. The van der Waals surface area contributed by atoms with E-state index in [1.807, 2.05) is 6.92 Å². The van der Waals surface area contributed by atoms with Crippen LogP contribution in [0.15, 0.2) is 24.7 Å². The van der Waals surface area contributed by atoms with Crippen molar-refractivity contribution in [3.8, 4) is 0 Å². The minimum Gasteiger partial charge on any atom is -0.477 e. The van der Waals surface area contributed by atoms with Gasteiger partial charge in [0.05, 0.1) is 18.8 Å². The Morgan fingerprint density at radius 1 is 1.27 bits per heavy atom. The zero-order valence-electron chi connectivity index (χ0n) is 19.1. The van der Waals surface area contributed by atoms with E-state index in [4.69, 9.17) is 29.9 Å². The van der Waals surface area contributed by atoms with Gasteiger partial charge in [0.25, 0.3) is 0 Å². The molecule has 3 aromatic heterocycles. The van der Waals surface area contributed by atoms with E-state index in [0.29, 0.717) is 17.9 Å². The molecule has 0 aromatic carbocycles. The molecule has 0 atom stereocenters. The lowest BCUT2D eigenvalue weighted by atomic mass is 10.3. The summed E-state index contributed by atoms with van der Waals surface area (Å²) in [5.74, 6) is -0.246.